The summed E-state index contributed by atoms with van der Waals surface area (Å²) in [5, 5.41) is 9.94. The predicted molar refractivity (Wildman–Crippen MR) is 141 cm³/mol. The molecule has 0 aromatic carbocycles. The summed E-state index contributed by atoms with van der Waals surface area (Å²) >= 11 is 0. The van der Waals surface area contributed by atoms with Gasteiger partial charge in [0.05, 0.1) is 18.1 Å². The molecule has 5 aliphatic rings. The minimum absolute atomic E-state index is 0.0104. The van der Waals surface area contributed by atoms with Crippen molar-refractivity contribution in [3.8, 4) is 0 Å². The third kappa shape index (κ3) is 4.80. The zero-order chi connectivity index (χ0) is 28.3. The van der Waals surface area contributed by atoms with Gasteiger partial charge in [-0.1, -0.05) is 13.8 Å². The molecule has 0 aromatic heterocycles. The van der Waals surface area contributed by atoms with E-state index >= 15 is 0 Å². The number of rotatable bonds is 5. The fourth-order valence-corrected chi connectivity index (χ4v) is 9.71. The van der Waals surface area contributed by atoms with Gasteiger partial charge in [-0.2, -0.15) is 0 Å². The molecule has 39 heavy (non-hydrogen) atoms. The number of ether oxygens (including phenoxy) is 4. The summed E-state index contributed by atoms with van der Waals surface area (Å²) in [6, 6.07) is 0. The van der Waals surface area contributed by atoms with E-state index in [0.29, 0.717) is 30.6 Å². The van der Waals surface area contributed by atoms with Crippen molar-refractivity contribution in [2.24, 2.45) is 40.2 Å². The quantitative estimate of drug-likeness (QED) is 0.382. The van der Waals surface area contributed by atoms with Gasteiger partial charge in [-0.15, -0.1) is 0 Å². The molecule has 4 aliphatic carbocycles. The van der Waals surface area contributed by atoms with Gasteiger partial charge in [0.2, 0.25) is 0 Å². The van der Waals surface area contributed by atoms with Gasteiger partial charge in [0, 0.05) is 25.8 Å². The number of hydrogen-bond acceptors (Lipinski definition) is 8. The maximum Gasteiger partial charge on any atom is 0.307 e. The van der Waals surface area contributed by atoms with Crippen molar-refractivity contribution in [3.05, 3.63) is 0 Å². The Balaban J connectivity index is 1.27. The van der Waals surface area contributed by atoms with E-state index in [1.807, 2.05) is 6.92 Å². The van der Waals surface area contributed by atoms with Gasteiger partial charge in [0.15, 0.2) is 12.4 Å². The van der Waals surface area contributed by atoms with Crippen LogP contribution in [0.2, 0.25) is 0 Å². The first-order valence-corrected chi connectivity index (χ1v) is 15.0. The number of carboxylic acids is 1. The molecule has 0 radical (unpaired) electrons. The summed E-state index contributed by atoms with van der Waals surface area (Å²) in [4.78, 5) is 35.5. The van der Waals surface area contributed by atoms with Crippen LogP contribution in [0.4, 0.5) is 0 Å². The first-order valence-electron chi connectivity index (χ1n) is 15.0. The molecule has 0 bridgehead atoms. The number of aliphatic carboxylic acids is 1. The van der Waals surface area contributed by atoms with Gasteiger partial charge in [-0.25, -0.2) is 0 Å². The Labute approximate surface area is 231 Å². The highest BCUT2D eigenvalue weighted by molar-refractivity contribution is 5.72. The van der Waals surface area contributed by atoms with Crippen molar-refractivity contribution >= 4 is 17.9 Å². The van der Waals surface area contributed by atoms with Crippen molar-refractivity contribution in [1.82, 2.24) is 0 Å². The van der Waals surface area contributed by atoms with Crippen molar-refractivity contribution in [2.45, 2.75) is 135 Å². The lowest BCUT2D eigenvalue weighted by atomic mass is 9.42. The van der Waals surface area contributed by atoms with Crippen LogP contribution in [-0.4, -0.2) is 59.3 Å². The number of carboxylic acid groups (broad SMARTS) is 1. The first-order chi connectivity index (χ1) is 18.3. The van der Waals surface area contributed by atoms with E-state index in [1.54, 1.807) is 0 Å². The van der Waals surface area contributed by atoms with Gasteiger partial charge in [0.1, 0.15) is 6.10 Å². The fraction of sp³-hybridized carbons (Fsp3) is 0.900. The Morgan fingerprint density at radius 3 is 2.23 bits per heavy atom. The number of fused-ring (bicyclic) bond motifs is 5. The standard InChI is InChI=1S/C30H47NO8/c1-16-24(37-17(2)32)15-25(38-18(3)33)27(36-16)39-20-8-11-28(4)19(14-20)6-7-22-21(28)9-12-29(5)23(26(34)35)10-13-30(22,29)31/h16,19-25,27H,6-15,31H2,1-5H3,(H,34,35)/t16-,19+,20-,21-,22+,23+,24-,25+,27-,28-,29+,30-/m0/s1. The van der Waals surface area contributed by atoms with Crippen LogP contribution in [0, 0.1) is 34.5 Å². The maximum atomic E-state index is 12.1. The average molecular weight is 550 g/mol. The number of hydrogen-bond donors (Lipinski definition) is 2. The lowest BCUT2D eigenvalue weighted by molar-refractivity contribution is -0.288. The normalized spacial score (nSPS) is 49.2. The molecule has 0 spiro atoms. The van der Waals surface area contributed by atoms with E-state index in [0.717, 1.165) is 51.4 Å². The molecule has 0 aromatic rings. The number of nitrogens with two attached hydrogens (primary N) is 1. The Hall–Kier alpha value is -1.71. The largest absolute Gasteiger partial charge is 0.481 e. The van der Waals surface area contributed by atoms with Crippen molar-refractivity contribution < 1.29 is 38.4 Å². The minimum atomic E-state index is -0.699. The molecule has 220 valence electrons. The lowest BCUT2D eigenvalue weighted by Gasteiger charge is -2.64. The Morgan fingerprint density at radius 1 is 0.872 bits per heavy atom. The summed E-state index contributed by atoms with van der Waals surface area (Å²) in [5.41, 5.74) is 6.64. The van der Waals surface area contributed by atoms with Crippen LogP contribution < -0.4 is 5.73 Å². The first kappa shape index (κ1) is 28.8. The van der Waals surface area contributed by atoms with Crippen LogP contribution in [0.25, 0.3) is 0 Å². The molecule has 1 aliphatic heterocycles. The lowest BCUT2D eigenvalue weighted by Crippen LogP contribution is -2.66. The highest BCUT2D eigenvalue weighted by atomic mass is 16.7. The molecule has 0 unspecified atom stereocenters. The molecule has 4 saturated carbocycles. The molecule has 12 atom stereocenters. The monoisotopic (exact) mass is 549 g/mol. The van der Waals surface area contributed by atoms with Gasteiger partial charge in [0.25, 0.3) is 0 Å². The predicted octanol–water partition coefficient (Wildman–Crippen LogP) is 4.19. The van der Waals surface area contributed by atoms with Crippen molar-refractivity contribution in [1.29, 1.82) is 0 Å². The average Bonchev–Trinajstić information content (AvgIpc) is 3.13. The molecule has 0 amide bonds. The summed E-state index contributed by atoms with van der Waals surface area (Å²) < 4.78 is 23.6. The second-order valence-electron chi connectivity index (χ2n) is 13.7. The van der Waals surface area contributed by atoms with E-state index < -0.39 is 41.9 Å². The summed E-state index contributed by atoms with van der Waals surface area (Å²) in [6.45, 7) is 9.16. The third-order valence-electron chi connectivity index (χ3n) is 11.9. The Morgan fingerprint density at radius 2 is 1.56 bits per heavy atom. The minimum Gasteiger partial charge on any atom is -0.481 e. The Bertz CT molecular complexity index is 988. The highest BCUT2D eigenvalue weighted by Gasteiger charge is 2.67. The van der Waals surface area contributed by atoms with Gasteiger partial charge >= 0.3 is 17.9 Å². The van der Waals surface area contributed by atoms with Crippen molar-refractivity contribution in [3.63, 3.8) is 0 Å². The summed E-state index contributed by atoms with van der Waals surface area (Å²) in [7, 11) is 0. The maximum absolute atomic E-state index is 12.1. The van der Waals surface area contributed by atoms with E-state index in [1.165, 1.54) is 13.8 Å². The second-order valence-corrected chi connectivity index (χ2v) is 13.7. The van der Waals surface area contributed by atoms with E-state index in [-0.39, 0.29) is 29.0 Å². The Kier molecular flexibility index (Phi) is 7.60. The van der Waals surface area contributed by atoms with Crippen LogP contribution in [0.1, 0.15) is 98.8 Å². The van der Waals surface area contributed by atoms with Crippen molar-refractivity contribution in [2.75, 3.05) is 0 Å². The number of esters is 2. The van der Waals surface area contributed by atoms with Gasteiger partial charge in [-0.05, 0) is 93.3 Å². The van der Waals surface area contributed by atoms with Crippen LogP contribution in [0.5, 0.6) is 0 Å². The summed E-state index contributed by atoms with van der Waals surface area (Å²) in [5.74, 6) is -0.505. The topological polar surface area (TPSA) is 134 Å². The molecule has 5 fully saturated rings. The van der Waals surface area contributed by atoms with Crippen LogP contribution in [0.3, 0.4) is 0 Å². The third-order valence-corrected chi connectivity index (χ3v) is 11.9. The molecule has 9 nitrogen and oxygen atoms in total. The molecule has 9 heteroatoms. The fourth-order valence-electron chi connectivity index (χ4n) is 9.71. The zero-order valence-electron chi connectivity index (χ0n) is 24.1. The molecular weight excluding hydrogens is 502 g/mol. The van der Waals surface area contributed by atoms with E-state index in [4.69, 9.17) is 24.7 Å². The molecule has 5 rings (SSSR count). The second kappa shape index (κ2) is 10.3. The molecule has 1 heterocycles. The molecule has 1 saturated heterocycles. The van der Waals surface area contributed by atoms with Crippen LogP contribution in [-0.2, 0) is 33.3 Å². The van der Waals surface area contributed by atoms with E-state index in [9.17, 15) is 19.5 Å². The smallest absolute Gasteiger partial charge is 0.307 e. The number of carbonyl (C=O) groups is 3. The molecular formula is C30H47NO8. The number of carbonyl (C=O) groups excluding carboxylic acids is 2. The highest BCUT2D eigenvalue weighted by Crippen LogP contribution is 2.68. The molecule has 3 N–H and O–H groups in total. The zero-order valence-corrected chi connectivity index (χ0v) is 24.1. The van der Waals surface area contributed by atoms with Crippen LogP contribution >= 0.6 is 0 Å². The van der Waals surface area contributed by atoms with Gasteiger partial charge in [-0.3, -0.25) is 14.4 Å². The van der Waals surface area contributed by atoms with Gasteiger partial charge < -0.3 is 29.8 Å². The summed E-state index contributed by atoms with van der Waals surface area (Å²) in [6.07, 6.45) is 6.47. The SMILES string of the molecule is CC(=O)O[C@H]1C[C@@H](OC(C)=O)[C@H](O[C@H]2CC[C@@]3(C)[C@H](CC[C@@H]4[C@@H]3CC[C@]3(C)[C@@H](C(=O)O)CC[C@]43N)C2)O[C@H]1C. The van der Waals surface area contributed by atoms with E-state index in [2.05, 4.69) is 13.8 Å². The van der Waals surface area contributed by atoms with Crippen LogP contribution in [0.15, 0.2) is 0 Å².